The monoisotopic (exact) mass is 498 g/mol. The van der Waals surface area contributed by atoms with Gasteiger partial charge in [-0.2, -0.15) is 0 Å². The Morgan fingerprint density at radius 2 is 1.00 bits per heavy atom. The minimum absolute atomic E-state index is 0.0439. The van der Waals surface area contributed by atoms with E-state index in [-0.39, 0.29) is 5.41 Å². The van der Waals surface area contributed by atoms with Crippen LogP contribution < -0.4 is 0 Å². The van der Waals surface area contributed by atoms with Gasteiger partial charge in [0.05, 0.1) is 0 Å². The molecule has 0 heteroatoms. The summed E-state index contributed by atoms with van der Waals surface area (Å²) in [5, 5.41) is 10.6. The molecule has 7 rings (SSSR count). The van der Waals surface area contributed by atoms with Gasteiger partial charge in [0.25, 0.3) is 0 Å². The van der Waals surface area contributed by atoms with Crippen LogP contribution in [-0.2, 0) is 5.41 Å². The standard InChI is InChI=1S/C31H22.C3H8.2C2H6/c1-31(2)29-18-26-23(12-11-19-7-5-6-10-24(19)26)17-28(29)25-14-13-22-15-20-8-3-4-9-21(20)16-27(22)30(25)31;1-3-2;2*1-2/h3-18H,1-2H3;3H2,1-2H3;2*1-2H3. The summed E-state index contributed by atoms with van der Waals surface area (Å²) in [7, 11) is 0. The van der Waals surface area contributed by atoms with Crippen LogP contribution >= 0.6 is 0 Å². The molecule has 0 aromatic heterocycles. The Morgan fingerprint density at radius 3 is 1.68 bits per heavy atom. The van der Waals surface area contributed by atoms with Gasteiger partial charge in [0.15, 0.2) is 0 Å². The van der Waals surface area contributed by atoms with Crippen molar-refractivity contribution in [2.45, 2.75) is 67.2 Å². The minimum Gasteiger partial charge on any atom is -0.0683 e. The Balaban J connectivity index is 0.000000443. The molecule has 6 aromatic rings. The van der Waals surface area contributed by atoms with E-state index in [4.69, 9.17) is 0 Å². The van der Waals surface area contributed by atoms with E-state index in [9.17, 15) is 0 Å². The number of rotatable bonds is 0. The zero-order valence-corrected chi connectivity index (χ0v) is 24.4. The largest absolute Gasteiger partial charge is 0.0683 e. The van der Waals surface area contributed by atoms with Gasteiger partial charge < -0.3 is 0 Å². The highest BCUT2D eigenvalue weighted by Gasteiger charge is 2.37. The molecule has 1 aliphatic carbocycles. The van der Waals surface area contributed by atoms with Gasteiger partial charge in [0.2, 0.25) is 0 Å². The summed E-state index contributed by atoms with van der Waals surface area (Å²) < 4.78 is 0. The van der Waals surface area contributed by atoms with Gasteiger partial charge in [0, 0.05) is 5.41 Å². The third kappa shape index (κ3) is 4.47. The summed E-state index contributed by atoms with van der Waals surface area (Å²) in [6.07, 6.45) is 1.25. The predicted molar refractivity (Wildman–Crippen MR) is 173 cm³/mol. The molecule has 0 heterocycles. The van der Waals surface area contributed by atoms with Crippen LogP contribution in [0.1, 0.15) is 72.9 Å². The maximum atomic E-state index is 2.46. The SMILES string of the molecule is CC.CC.CC1(C)c2cc3c(ccc4ccccc43)cc2-c2ccc3cc4ccccc4cc3c21.CCC. The Morgan fingerprint density at radius 1 is 0.474 bits per heavy atom. The third-order valence-electron chi connectivity index (χ3n) is 7.36. The van der Waals surface area contributed by atoms with E-state index in [1.807, 2.05) is 27.7 Å². The van der Waals surface area contributed by atoms with E-state index in [1.165, 1.54) is 71.8 Å². The molecule has 0 nitrogen and oxygen atoms in total. The Kier molecular flexibility index (Phi) is 8.22. The molecule has 0 radical (unpaired) electrons. The molecular weight excluding hydrogens is 456 g/mol. The van der Waals surface area contributed by atoms with Crippen LogP contribution in [0.25, 0.3) is 54.2 Å². The smallest absolute Gasteiger partial charge is 0.0165 e. The molecule has 0 N–H and O–H groups in total. The first kappa shape index (κ1) is 27.4. The highest BCUT2D eigenvalue weighted by Crippen LogP contribution is 2.53. The molecule has 0 atom stereocenters. The Hall–Kier alpha value is -3.64. The second-order valence-corrected chi connectivity index (χ2v) is 10.1. The Labute approximate surface area is 229 Å². The average molecular weight is 499 g/mol. The van der Waals surface area contributed by atoms with Crippen LogP contribution in [0.5, 0.6) is 0 Å². The molecule has 0 bridgehead atoms. The van der Waals surface area contributed by atoms with E-state index >= 15 is 0 Å². The quantitative estimate of drug-likeness (QED) is 0.144. The molecule has 0 saturated carbocycles. The fraction of sp³-hybridized carbons (Fsp3) is 0.263. The number of hydrogen-bond acceptors (Lipinski definition) is 0. The highest BCUT2D eigenvalue weighted by molar-refractivity contribution is 6.11. The molecule has 0 saturated heterocycles. The lowest BCUT2D eigenvalue weighted by Gasteiger charge is -2.24. The molecule has 38 heavy (non-hydrogen) atoms. The van der Waals surface area contributed by atoms with Crippen molar-refractivity contribution >= 4 is 43.1 Å². The van der Waals surface area contributed by atoms with Gasteiger partial charge in [0.1, 0.15) is 0 Å². The number of hydrogen-bond donors (Lipinski definition) is 0. The molecule has 6 aromatic carbocycles. The van der Waals surface area contributed by atoms with Crippen molar-refractivity contribution in [3.63, 3.8) is 0 Å². The van der Waals surface area contributed by atoms with Crippen molar-refractivity contribution in [2.24, 2.45) is 0 Å². The predicted octanol–water partition coefficient (Wildman–Crippen LogP) is 12.1. The molecule has 0 amide bonds. The van der Waals surface area contributed by atoms with E-state index in [0.29, 0.717) is 0 Å². The minimum atomic E-state index is -0.0439. The molecule has 1 aliphatic rings. The maximum Gasteiger partial charge on any atom is 0.0165 e. The average Bonchev–Trinajstić information content (AvgIpc) is 3.19. The Bertz CT molecular complexity index is 1720. The summed E-state index contributed by atoms with van der Waals surface area (Å²) in [6.45, 7) is 17.0. The first-order valence-corrected chi connectivity index (χ1v) is 14.4. The van der Waals surface area contributed by atoms with Gasteiger partial charge in [-0.1, -0.05) is 135 Å². The van der Waals surface area contributed by atoms with Crippen molar-refractivity contribution < 1.29 is 0 Å². The van der Waals surface area contributed by atoms with Crippen molar-refractivity contribution in [2.75, 3.05) is 0 Å². The summed E-state index contributed by atoms with van der Waals surface area (Å²) in [5.41, 5.74) is 5.63. The second-order valence-electron chi connectivity index (χ2n) is 10.1. The van der Waals surface area contributed by atoms with Crippen molar-refractivity contribution in [3.8, 4) is 11.1 Å². The highest BCUT2D eigenvalue weighted by atomic mass is 14.4. The van der Waals surface area contributed by atoms with Gasteiger partial charge in [-0.25, -0.2) is 0 Å². The normalized spacial score (nSPS) is 12.5. The van der Waals surface area contributed by atoms with Crippen LogP contribution in [0.4, 0.5) is 0 Å². The van der Waals surface area contributed by atoms with E-state index < -0.39 is 0 Å². The first-order valence-electron chi connectivity index (χ1n) is 14.4. The van der Waals surface area contributed by atoms with Gasteiger partial charge >= 0.3 is 0 Å². The zero-order valence-electron chi connectivity index (χ0n) is 24.4. The summed E-state index contributed by atoms with van der Waals surface area (Å²) in [4.78, 5) is 0. The topological polar surface area (TPSA) is 0 Å². The molecular formula is C38H42. The van der Waals surface area contributed by atoms with Crippen molar-refractivity contribution in [1.29, 1.82) is 0 Å². The fourth-order valence-electron chi connectivity index (χ4n) is 5.84. The lowest BCUT2D eigenvalue weighted by atomic mass is 9.79. The van der Waals surface area contributed by atoms with Crippen LogP contribution in [0.2, 0.25) is 0 Å². The number of fused-ring (bicyclic) bond motifs is 9. The van der Waals surface area contributed by atoms with Gasteiger partial charge in [-0.15, -0.1) is 0 Å². The third-order valence-corrected chi connectivity index (χ3v) is 7.36. The van der Waals surface area contributed by atoms with E-state index in [1.54, 1.807) is 0 Å². The molecule has 0 aliphatic heterocycles. The zero-order chi connectivity index (χ0) is 27.4. The first-order chi connectivity index (χ1) is 18.5. The van der Waals surface area contributed by atoms with Crippen molar-refractivity contribution in [3.05, 3.63) is 108 Å². The summed E-state index contributed by atoms with van der Waals surface area (Å²) >= 11 is 0. The second kappa shape index (κ2) is 11.4. The maximum absolute atomic E-state index is 2.46. The molecule has 194 valence electrons. The van der Waals surface area contributed by atoms with Gasteiger partial charge in [-0.05, 0) is 89.6 Å². The van der Waals surface area contributed by atoms with Crippen LogP contribution in [-0.4, -0.2) is 0 Å². The fourth-order valence-corrected chi connectivity index (χ4v) is 5.84. The lowest BCUT2D eigenvalue weighted by molar-refractivity contribution is 0.667. The number of benzene rings is 6. The van der Waals surface area contributed by atoms with E-state index in [2.05, 4.69) is 125 Å². The van der Waals surface area contributed by atoms with Crippen molar-refractivity contribution in [1.82, 2.24) is 0 Å². The molecule has 0 fully saturated rings. The van der Waals surface area contributed by atoms with Gasteiger partial charge in [-0.3, -0.25) is 0 Å². The molecule has 0 spiro atoms. The molecule has 0 unspecified atom stereocenters. The lowest BCUT2D eigenvalue weighted by Crippen LogP contribution is -2.15. The van der Waals surface area contributed by atoms with Crippen LogP contribution in [0.3, 0.4) is 0 Å². The van der Waals surface area contributed by atoms with Crippen LogP contribution in [0.15, 0.2) is 97.1 Å². The van der Waals surface area contributed by atoms with Crippen LogP contribution in [0, 0.1) is 0 Å². The van der Waals surface area contributed by atoms with E-state index in [0.717, 1.165) is 0 Å². The summed E-state index contributed by atoms with van der Waals surface area (Å²) in [6, 6.07) is 36.2. The summed E-state index contributed by atoms with van der Waals surface area (Å²) in [5.74, 6) is 0.